The minimum atomic E-state index is -2.08. The zero-order valence-electron chi connectivity index (χ0n) is 35.2. The Balaban J connectivity index is 1.16. The first kappa shape index (κ1) is 40.1. The van der Waals surface area contributed by atoms with Gasteiger partial charge in [-0.15, -0.1) is 0 Å². The molecule has 5 aliphatic carbocycles. The first-order valence-electron chi connectivity index (χ1n) is 24.1. The van der Waals surface area contributed by atoms with Crippen LogP contribution in [0.5, 0.6) is 0 Å². The molecule has 57 heavy (non-hydrogen) atoms. The monoisotopic (exact) mass is 797 g/mol. The van der Waals surface area contributed by atoms with Gasteiger partial charge in [0.15, 0.2) is 7.41 Å². The Morgan fingerprint density at radius 2 is 0.579 bits per heavy atom. The fourth-order valence-electron chi connectivity index (χ4n) is 12.2. The van der Waals surface area contributed by atoms with Gasteiger partial charge in [0.05, 0.1) is 13.7 Å². The molecule has 0 heterocycles. The predicted molar refractivity (Wildman–Crippen MR) is 251 cm³/mol. The van der Waals surface area contributed by atoms with Crippen molar-refractivity contribution < 1.29 is 0 Å². The molecule has 3 heteroatoms. The second-order valence-electron chi connectivity index (χ2n) is 19.2. The summed E-state index contributed by atoms with van der Waals surface area (Å²) < 4.78 is 0. The summed E-state index contributed by atoms with van der Waals surface area (Å²) in [6.07, 6.45) is 34.5. The van der Waals surface area contributed by atoms with Crippen LogP contribution < -0.4 is 26.1 Å². The van der Waals surface area contributed by atoms with Crippen LogP contribution in [0.1, 0.15) is 206 Å². The van der Waals surface area contributed by atoms with Crippen LogP contribution in [-0.2, 0) is 0 Å². The number of hydrogen-bond acceptors (Lipinski definition) is 1. The van der Waals surface area contributed by atoms with Gasteiger partial charge < -0.3 is 0 Å². The zero-order chi connectivity index (χ0) is 38.3. The Hall–Kier alpha value is -2.30. The molecule has 4 aromatic carbocycles. The van der Waals surface area contributed by atoms with Crippen molar-refractivity contribution >= 4 is 36.7 Å². The van der Waals surface area contributed by atoms with Crippen LogP contribution in [0.2, 0.25) is 0 Å². The molecule has 0 atom stereocenters. The Kier molecular flexibility index (Phi) is 13.6. The normalized spacial score (nSPS) is 21.6. The Labute approximate surface area is 349 Å². The van der Waals surface area contributed by atoms with Crippen molar-refractivity contribution in [1.82, 2.24) is 4.86 Å². The highest BCUT2D eigenvalue weighted by Crippen LogP contribution is 2.65. The van der Waals surface area contributed by atoms with Gasteiger partial charge in [-0.05, 0) is 158 Å². The molecule has 5 saturated carbocycles. The van der Waals surface area contributed by atoms with Crippen LogP contribution in [0.15, 0.2) is 97.1 Å². The third-order valence-corrected chi connectivity index (χ3v) is 23.1. The Morgan fingerprint density at radius 1 is 0.316 bits per heavy atom. The first-order valence-corrected chi connectivity index (χ1v) is 27.3. The molecular formula is C54H72NP2+. The van der Waals surface area contributed by atoms with E-state index in [0.29, 0.717) is 5.66 Å². The largest absolute Gasteiger partial charge is 0.154 e. The lowest BCUT2D eigenvalue weighted by Gasteiger charge is -2.39. The molecule has 0 spiro atoms. The molecule has 0 saturated heterocycles. The summed E-state index contributed by atoms with van der Waals surface area (Å²) in [7, 11) is -2.89. The summed E-state index contributed by atoms with van der Waals surface area (Å²) in [5.41, 5.74) is 6.98. The van der Waals surface area contributed by atoms with Gasteiger partial charge in [0.25, 0.3) is 0 Å². The van der Waals surface area contributed by atoms with Gasteiger partial charge >= 0.3 is 0 Å². The number of hydrogen-bond donors (Lipinski definition) is 1. The van der Waals surface area contributed by atoms with Gasteiger partial charge in [-0.2, -0.15) is 4.86 Å². The molecule has 0 aliphatic heterocycles. The number of rotatable bonds is 11. The van der Waals surface area contributed by atoms with E-state index >= 15 is 0 Å². The van der Waals surface area contributed by atoms with E-state index in [1.165, 1.54) is 171 Å². The fraction of sp³-hybridized carbons (Fsp3) is 0.556. The average Bonchev–Trinajstić information content (AvgIpc) is 3.31. The van der Waals surface area contributed by atoms with Crippen LogP contribution in [-0.4, -0.2) is 5.66 Å². The van der Waals surface area contributed by atoms with E-state index in [9.17, 15) is 0 Å². The highest BCUT2D eigenvalue weighted by atomic mass is 31.2. The van der Waals surface area contributed by atoms with E-state index in [2.05, 4.69) is 97.1 Å². The van der Waals surface area contributed by atoms with Crippen molar-refractivity contribution in [2.75, 3.05) is 0 Å². The third-order valence-electron chi connectivity index (χ3n) is 15.6. The van der Waals surface area contributed by atoms with Crippen molar-refractivity contribution in [3.8, 4) is 0 Å². The first-order chi connectivity index (χ1) is 28.2. The summed E-state index contributed by atoms with van der Waals surface area (Å²) in [5, 5.41) is 6.22. The highest BCUT2D eigenvalue weighted by molar-refractivity contribution is 7.96. The smallest absolute Gasteiger partial charge is 0.153 e. The maximum Gasteiger partial charge on any atom is 0.153 e. The van der Waals surface area contributed by atoms with Crippen molar-refractivity contribution in [3.05, 3.63) is 119 Å². The third kappa shape index (κ3) is 9.23. The Bertz CT molecular complexity index is 1680. The lowest BCUT2D eigenvalue weighted by Crippen LogP contribution is -2.42. The molecule has 4 aromatic rings. The molecule has 5 aliphatic rings. The van der Waals surface area contributed by atoms with Gasteiger partial charge in [-0.1, -0.05) is 156 Å². The maximum absolute atomic E-state index is 4.87. The highest BCUT2D eigenvalue weighted by Gasteiger charge is 2.53. The summed E-state index contributed by atoms with van der Waals surface area (Å²) in [6.45, 7) is 0. The Morgan fingerprint density at radius 3 is 0.877 bits per heavy atom. The van der Waals surface area contributed by atoms with Gasteiger partial charge in [0.2, 0.25) is 0 Å². The minimum absolute atomic E-state index is 0.653. The van der Waals surface area contributed by atoms with E-state index in [1.807, 2.05) is 0 Å². The molecule has 0 unspecified atom stereocenters. The number of benzene rings is 4. The lowest BCUT2D eigenvalue weighted by molar-refractivity contribution is 0.443. The van der Waals surface area contributed by atoms with E-state index in [1.54, 1.807) is 32.9 Å². The standard InChI is InChI=1S/C54H72NP2/c1-6-16-42(17-7-1)46-26-34-50(35-27-46)56(51-36-28-47(29-37-51)43-18-8-2-9-19-43)55-57(52-24-14-5-15-25-52,53-38-30-48(31-39-53)44-20-10-3-11-21-44)54-40-32-49(33-41-54)45-22-12-4-13-23-45/h26-45,52,55H,1-25H2/q+1. The van der Waals surface area contributed by atoms with Crippen LogP contribution in [0.3, 0.4) is 0 Å². The van der Waals surface area contributed by atoms with Crippen LogP contribution >= 0.6 is 15.5 Å². The molecule has 9 rings (SSSR count). The zero-order valence-corrected chi connectivity index (χ0v) is 37.0. The molecule has 0 aromatic heterocycles. The van der Waals surface area contributed by atoms with E-state index in [4.69, 9.17) is 4.86 Å². The van der Waals surface area contributed by atoms with E-state index < -0.39 is 15.5 Å². The molecule has 0 amide bonds. The molecule has 5 fully saturated rings. The summed E-state index contributed by atoms with van der Waals surface area (Å²) in [5.74, 6) is 2.95. The van der Waals surface area contributed by atoms with Gasteiger partial charge in [-0.3, -0.25) is 0 Å². The van der Waals surface area contributed by atoms with E-state index in [0.717, 1.165) is 23.7 Å². The molecule has 1 N–H and O–H groups in total. The second kappa shape index (κ2) is 19.4. The summed E-state index contributed by atoms with van der Waals surface area (Å²) in [6, 6.07) is 41.3. The van der Waals surface area contributed by atoms with Gasteiger partial charge in [-0.25, -0.2) is 0 Å². The summed E-state index contributed by atoms with van der Waals surface area (Å²) >= 11 is 0. The quantitative estimate of drug-likeness (QED) is 0.149. The average molecular weight is 797 g/mol. The second-order valence-corrected chi connectivity index (χ2v) is 24.9. The fourth-order valence-corrected chi connectivity index (χ4v) is 20.6. The molecule has 1 nitrogen and oxygen atoms in total. The van der Waals surface area contributed by atoms with Crippen molar-refractivity contribution in [1.29, 1.82) is 0 Å². The molecule has 302 valence electrons. The predicted octanol–water partition coefficient (Wildman–Crippen LogP) is 14.7. The topological polar surface area (TPSA) is 12.0 Å². The van der Waals surface area contributed by atoms with Crippen LogP contribution in [0, 0.1) is 0 Å². The van der Waals surface area contributed by atoms with E-state index in [-0.39, 0.29) is 0 Å². The maximum atomic E-state index is 4.87. The SMILES string of the molecule is c1cc(P(N[P+](c2ccc(C3CCCCC3)cc2)(c2ccc(C3CCCCC3)cc2)C2CCCCC2)c2ccc(C3CCCCC3)cc2)ccc1C1CCCCC1. The minimum Gasteiger partial charge on any atom is -0.154 e. The van der Waals surface area contributed by atoms with Crippen LogP contribution in [0.25, 0.3) is 0 Å². The van der Waals surface area contributed by atoms with Crippen molar-refractivity contribution in [2.45, 2.75) is 190 Å². The van der Waals surface area contributed by atoms with Crippen molar-refractivity contribution in [2.24, 2.45) is 0 Å². The number of nitrogens with one attached hydrogen (secondary N) is 1. The molecule has 0 bridgehead atoms. The molecular weight excluding hydrogens is 725 g/mol. The van der Waals surface area contributed by atoms with Crippen LogP contribution in [0.4, 0.5) is 0 Å². The van der Waals surface area contributed by atoms with Gasteiger partial charge in [0, 0.05) is 0 Å². The lowest BCUT2D eigenvalue weighted by atomic mass is 9.84. The van der Waals surface area contributed by atoms with Crippen molar-refractivity contribution in [3.63, 3.8) is 0 Å². The summed E-state index contributed by atoms with van der Waals surface area (Å²) in [4.78, 5) is 4.87. The van der Waals surface area contributed by atoms with Gasteiger partial charge in [0.1, 0.15) is 10.6 Å². The molecule has 0 radical (unpaired) electrons.